The average Bonchev–Trinajstić information content (AvgIpc) is 2.86. The van der Waals surface area contributed by atoms with Crippen molar-refractivity contribution in [2.75, 3.05) is 12.4 Å². The van der Waals surface area contributed by atoms with Crippen LogP contribution in [0, 0.1) is 5.82 Å². The fourth-order valence-corrected chi connectivity index (χ4v) is 2.14. The number of carbonyl (C=O) groups is 1. The number of hydrogen-bond acceptors (Lipinski definition) is 5. The summed E-state index contributed by atoms with van der Waals surface area (Å²) >= 11 is 1.06. The van der Waals surface area contributed by atoms with Gasteiger partial charge in [0.25, 0.3) is 0 Å². The third-order valence-electron chi connectivity index (χ3n) is 2.36. The molecule has 0 unspecified atom stereocenters. The van der Waals surface area contributed by atoms with E-state index in [0.717, 1.165) is 11.3 Å². The SMILES string of the molecule is COc1cc(F)ccc1NCc1csc(C(=O)O)n1. The number of rotatable bonds is 5. The van der Waals surface area contributed by atoms with Crippen LogP contribution < -0.4 is 10.1 Å². The van der Waals surface area contributed by atoms with Crippen molar-refractivity contribution in [3.05, 3.63) is 40.1 Å². The summed E-state index contributed by atoms with van der Waals surface area (Å²) < 4.78 is 18.0. The largest absolute Gasteiger partial charge is 0.494 e. The van der Waals surface area contributed by atoms with Crippen molar-refractivity contribution in [1.82, 2.24) is 4.98 Å². The Bertz CT molecular complexity index is 600. The van der Waals surface area contributed by atoms with Gasteiger partial charge in [0.2, 0.25) is 5.01 Å². The molecule has 2 N–H and O–H groups in total. The van der Waals surface area contributed by atoms with Gasteiger partial charge in [0.1, 0.15) is 11.6 Å². The Balaban J connectivity index is 2.07. The van der Waals surface area contributed by atoms with Gasteiger partial charge in [0, 0.05) is 11.4 Å². The van der Waals surface area contributed by atoms with Gasteiger partial charge in [0.05, 0.1) is 25.0 Å². The van der Waals surface area contributed by atoms with Crippen molar-refractivity contribution in [1.29, 1.82) is 0 Å². The van der Waals surface area contributed by atoms with E-state index in [-0.39, 0.29) is 10.8 Å². The highest BCUT2D eigenvalue weighted by Crippen LogP contribution is 2.25. The zero-order valence-corrected chi connectivity index (χ0v) is 10.8. The molecule has 0 saturated carbocycles. The second-order valence-corrected chi connectivity index (χ2v) is 4.51. The standard InChI is InChI=1S/C12H11FN2O3S/c1-18-10-4-7(13)2-3-9(10)14-5-8-6-19-11(15-8)12(16)17/h2-4,6,14H,5H2,1H3,(H,16,17). The molecule has 1 aromatic heterocycles. The summed E-state index contributed by atoms with van der Waals surface area (Å²) in [6.45, 7) is 0.339. The molecule has 0 aliphatic rings. The van der Waals surface area contributed by atoms with Gasteiger partial charge in [-0.25, -0.2) is 14.2 Å². The second-order valence-electron chi connectivity index (χ2n) is 3.65. The van der Waals surface area contributed by atoms with Gasteiger partial charge in [-0.05, 0) is 12.1 Å². The van der Waals surface area contributed by atoms with Gasteiger partial charge in [-0.15, -0.1) is 11.3 Å². The summed E-state index contributed by atoms with van der Waals surface area (Å²) in [7, 11) is 1.45. The highest BCUT2D eigenvalue weighted by molar-refractivity contribution is 7.11. The first-order valence-corrected chi connectivity index (χ1v) is 6.23. The minimum atomic E-state index is -1.05. The maximum Gasteiger partial charge on any atom is 0.365 e. The van der Waals surface area contributed by atoms with E-state index in [9.17, 15) is 9.18 Å². The van der Waals surface area contributed by atoms with Crippen LogP contribution >= 0.6 is 11.3 Å². The number of anilines is 1. The summed E-state index contributed by atoms with van der Waals surface area (Å²) in [4.78, 5) is 14.6. The number of ether oxygens (including phenoxy) is 1. The van der Waals surface area contributed by atoms with Gasteiger partial charge in [-0.2, -0.15) is 0 Å². The van der Waals surface area contributed by atoms with Crippen molar-refractivity contribution < 1.29 is 19.0 Å². The highest BCUT2D eigenvalue weighted by atomic mass is 32.1. The quantitative estimate of drug-likeness (QED) is 0.882. The van der Waals surface area contributed by atoms with Crippen molar-refractivity contribution in [2.45, 2.75) is 6.54 Å². The highest BCUT2D eigenvalue weighted by Gasteiger charge is 2.09. The van der Waals surface area contributed by atoms with Crippen LogP contribution in [0.1, 0.15) is 15.5 Å². The van der Waals surface area contributed by atoms with Gasteiger partial charge in [-0.3, -0.25) is 0 Å². The zero-order chi connectivity index (χ0) is 13.8. The third-order valence-corrected chi connectivity index (χ3v) is 3.24. The molecular formula is C12H11FN2O3S. The van der Waals surface area contributed by atoms with Crippen LogP contribution in [0.2, 0.25) is 0 Å². The molecule has 1 aromatic carbocycles. The molecule has 0 amide bonds. The van der Waals surface area contributed by atoms with Crippen LogP contribution in [0.25, 0.3) is 0 Å². The van der Waals surface area contributed by atoms with Crippen LogP contribution in [0.5, 0.6) is 5.75 Å². The molecule has 19 heavy (non-hydrogen) atoms. The molecule has 1 heterocycles. The molecule has 0 spiro atoms. The summed E-state index contributed by atoms with van der Waals surface area (Å²) in [6.07, 6.45) is 0. The number of nitrogens with one attached hydrogen (secondary N) is 1. The van der Waals surface area contributed by atoms with Gasteiger partial charge in [0.15, 0.2) is 0 Å². The minimum Gasteiger partial charge on any atom is -0.494 e. The number of methoxy groups -OCH3 is 1. The lowest BCUT2D eigenvalue weighted by molar-refractivity contribution is 0.0696. The first-order valence-electron chi connectivity index (χ1n) is 5.35. The van der Waals surface area contributed by atoms with Crippen LogP contribution in [0.15, 0.2) is 23.6 Å². The molecule has 2 rings (SSSR count). The molecule has 7 heteroatoms. The molecule has 0 radical (unpaired) electrons. The number of thiazole rings is 1. The van der Waals surface area contributed by atoms with Crippen molar-refractivity contribution in [2.24, 2.45) is 0 Å². The number of hydrogen-bond donors (Lipinski definition) is 2. The Morgan fingerprint density at radius 1 is 1.58 bits per heavy atom. The van der Waals surface area contributed by atoms with Crippen molar-refractivity contribution in [3.63, 3.8) is 0 Å². The number of aromatic nitrogens is 1. The van der Waals surface area contributed by atoms with Gasteiger partial charge < -0.3 is 15.2 Å². The van der Waals surface area contributed by atoms with Gasteiger partial charge in [-0.1, -0.05) is 0 Å². The monoisotopic (exact) mass is 282 g/mol. The normalized spacial score (nSPS) is 10.2. The van der Waals surface area contributed by atoms with Crippen molar-refractivity contribution in [3.8, 4) is 5.75 Å². The van der Waals surface area contributed by atoms with Crippen molar-refractivity contribution >= 4 is 23.0 Å². The van der Waals surface area contributed by atoms with Crippen LogP contribution in [-0.4, -0.2) is 23.2 Å². The van der Waals surface area contributed by atoms with E-state index in [1.165, 1.54) is 19.2 Å². The lowest BCUT2D eigenvalue weighted by Crippen LogP contribution is -2.03. The fourth-order valence-electron chi connectivity index (χ4n) is 1.48. The van der Waals surface area contributed by atoms with E-state index in [2.05, 4.69) is 10.3 Å². The summed E-state index contributed by atoms with van der Waals surface area (Å²) in [6, 6.07) is 4.14. The molecule has 0 atom stereocenters. The molecule has 0 aliphatic carbocycles. The summed E-state index contributed by atoms with van der Waals surface area (Å²) in [5, 5.41) is 13.5. The summed E-state index contributed by atoms with van der Waals surface area (Å²) in [5.74, 6) is -1.05. The molecule has 0 bridgehead atoms. The first kappa shape index (κ1) is 13.3. The number of nitrogens with zero attached hydrogens (tertiary/aromatic N) is 1. The Kier molecular flexibility index (Phi) is 3.96. The fraction of sp³-hybridized carbons (Fsp3) is 0.167. The Morgan fingerprint density at radius 2 is 2.37 bits per heavy atom. The number of carboxylic acids is 1. The minimum absolute atomic E-state index is 0.0443. The molecule has 0 aliphatic heterocycles. The van der Waals surface area contributed by atoms with Gasteiger partial charge >= 0.3 is 5.97 Å². The maximum atomic E-state index is 13.0. The van der Waals surface area contributed by atoms with Crippen LogP contribution in [-0.2, 0) is 6.54 Å². The van der Waals surface area contributed by atoms with E-state index in [1.54, 1.807) is 11.4 Å². The van der Waals surface area contributed by atoms with E-state index >= 15 is 0 Å². The maximum absolute atomic E-state index is 13.0. The smallest absolute Gasteiger partial charge is 0.365 e. The Morgan fingerprint density at radius 3 is 3.00 bits per heavy atom. The summed E-state index contributed by atoms with van der Waals surface area (Å²) in [5.41, 5.74) is 1.22. The predicted octanol–water partition coefficient (Wildman–Crippen LogP) is 2.60. The number of carboxylic acid groups (broad SMARTS) is 1. The predicted molar refractivity (Wildman–Crippen MR) is 69.4 cm³/mol. The average molecular weight is 282 g/mol. The lowest BCUT2D eigenvalue weighted by atomic mass is 10.2. The molecule has 0 fully saturated rings. The first-order chi connectivity index (χ1) is 9.10. The molecule has 100 valence electrons. The zero-order valence-electron chi connectivity index (χ0n) is 10.0. The topological polar surface area (TPSA) is 71.5 Å². The molecular weight excluding hydrogens is 271 g/mol. The number of benzene rings is 1. The third kappa shape index (κ3) is 3.19. The van der Waals surface area contributed by atoms with Crippen LogP contribution in [0.3, 0.4) is 0 Å². The number of halogens is 1. The molecule has 5 nitrogen and oxygen atoms in total. The van der Waals surface area contributed by atoms with E-state index in [0.29, 0.717) is 23.7 Å². The lowest BCUT2D eigenvalue weighted by Gasteiger charge is -2.09. The van der Waals surface area contributed by atoms with E-state index in [1.807, 2.05) is 0 Å². The number of aromatic carboxylic acids is 1. The van der Waals surface area contributed by atoms with E-state index < -0.39 is 5.97 Å². The molecule has 0 saturated heterocycles. The second kappa shape index (κ2) is 5.66. The van der Waals surface area contributed by atoms with E-state index in [4.69, 9.17) is 9.84 Å². The Hall–Kier alpha value is -2.15. The Labute approximate surface area is 112 Å². The molecule has 2 aromatic rings. The van der Waals surface area contributed by atoms with Crippen LogP contribution in [0.4, 0.5) is 10.1 Å².